The molecule has 0 saturated heterocycles. The van der Waals surface area contributed by atoms with Crippen LogP contribution in [0.4, 0.5) is 11.4 Å². The Morgan fingerprint density at radius 1 is 0.967 bits per heavy atom. The number of rotatable bonds is 12. The van der Waals surface area contributed by atoms with Gasteiger partial charge in [-0.2, -0.15) is 11.3 Å². The van der Waals surface area contributed by atoms with E-state index >= 15 is 0 Å². The van der Waals surface area contributed by atoms with Crippen LogP contribution in [-0.2, 0) is 19.3 Å². The molecule has 0 aliphatic heterocycles. The first kappa shape index (κ1) is 22.1. The SMILES string of the molecule is CNCCc1cc(O)cc(C)c1CCCNc1c(NCCc2ccsc2)c(=O)c1=O. The number of hydrogen-bond acceptors (Lipinski definition) is 7. The lowest BCUT2D eigenvalue weighted by molar-refractivity contribution is 0.473. The van der Waals surface area contributed by atoms with E-state index in [-0.39, 0.29) is 0 Å². The number of phenols is 1. The lowest BCUT2D eigenvalue weighted by atomic mass is 9.95. The van der Waals surface area contributed by atoms with Crippen molar-refractivity contribution < 1.29 is 5.11 Å². The lowest BCUT2D eigenvalue weighted by Crippen LogP contribution is -2.38. The van der Waals surface area contributed by atoms with Crippen LogP contribution in [0, 0.1) is 6.92 Å². The van der Waals surface area contributed by atoms with Gasteiger partial charge in [0.15, 0.2) is 0 Å². The zero-order chi connectivity index (χ0) is 21.5. The molecule has 3 rings (SSSR count). The van der Waals surface area contributed by atoms with Crippen LogP contribution in [0.5, 0.6) is 5.75 Å². The highest BCUT2D eigenvalue weighted by atomic mass is 32.1. The van der Waals surface area contributed by atoms with Gasteiger partial charge < -0.3 is 21.1 Å². The summed E-state index contributed by atoms with van der Waals surface area (Å²) < 4.78 is 0. The van der Waals surface area contributed by atoms with E-state index in [4.69, 9.17) is 0 Å². The van der Waals surface area contributed by atoms with E-state index in [1.807, 2.05) is 25.4 Å². The molecular weight excluding hydrogens is 398 g/mol. The van der Waals surface area contributed by atoms with E-state index < -0.39 is 10.9 Å². The second-order valence-corrected chi connectivity index (χ2v) is 8.28. The van der Waals surface area contributed by atoms with Gasteiger partial charge in [0, 0.05) is 13.1 Å². The maximum atomic E-state index is 11.9. The summed E-state index contributed by atoms with van der Waals surface area (Å²) in [5.74, 6) is 0.294. The van der Waals surface area contributed by atoms with Gasteiger partial charge in [0.25, 0.3) is 10.9 Å². The average molecular weight is 428 g/mol. The Balaban J connectivity index is 1.53. The van der Waals surface area contributed by atoms with Crippen molar-refractivity contribution in [1.29, 1.82) is 0 Å². The average Bonchev–Trinajstić information content (AvgIpc) is 3.24. The van der Waals surface area contributed by atoms with Crippen molar-refractivity contribution >= 4 is 22.7 Å². The van der Waals surface area contributed by atoms with Crippen molar-refractivity contribution in [3.05, 3.63) is 71.7 Å². The number of likely N-dealkylation sites (N-methyl/N-ethyl adjacent to an activating group) is 1. The van der Waals surface area contributed by atoms with Crippen molar-refractivity contribution in [3.63, 3.8) is 0 Å². The van der Waals surface area contributed by atoms with Gasteiger partial charge in [-0.15, -0.1) is 0 Å². The molecule has 160 valence electrons. The zero-order valence-corrected chi connectivity index (χ0v) is 18.3. The van der Waals surface area contributed by atoms with Crippen LogP contribution >= 0.6 is 11.3 Å². The summed E-state index contributed by atoms with van der Waals surface area (Å²) in [5.41, 5.74) is 4.62. The minimum absolute atomic E-state index is 0.294. The summed E-state index contributed by atoms with van der Waals surface area (Å²) in [6.45, 7) is 4.09. The lowest BCUT2D eigenvalue weighted by Gasteiger charge is -2.16. The summed E-state index contributed by atoms with van der Waals surface area (Å²) in [6.07, 6.45) is 3.34. The molecule has 2 aromatic carbocycles. The third-order valence-electron chi connectivity index (χ3n) is 5.31. The summed E-state index contributed by atoms with van der Waals surface area (Å²) in [6, 6.07) is 5.68. The topological polar surface area (TPSA) is 90.5 Å². The second-order valence-electron chi connectivity index (χ2n) is 7.50. The number of nitrogens with one attached hydrogen (secondary N) is 3. The molecule has 0 atom stereocenters. The largest absolute Gasteiger partial charge is 0.508 e. The molecule has 1 aromatic heterocycles. The molecule has 30 heavy (non-hydrogen) atoms. The zero-order valence-electron chi connectivity index (χ0n) is 17.5. The van der Waals surface area contributed by atoms with Crippen LogP contribution in [0.3, 0.4) is 0 Å². The fraction of sp³-hybridized carbons (Fsp3) is 0.391. The van der Waals surface area contributed by atoms with Crippen molar-refractivity contribution in [2.75, 3.05) is 37.3 Å². The fourth-order valence-corrected chi connectivity index (χ4v) is 4.39. The van der Waals surface area contributed by atoms with E-state index in [1.54, 1.807) is 17.4 Å². The Hall–Kier alpha value is -2.64. The molecule has 1 heterocycles. The Morgan fingerprint density at radius 2 is 1.70 bits per heavy atom. The van der Waals surface area contributed by atoms with Gasteiger partial charge in [0.2, 0.25) is 0 Å². The first-order valence-corrected chi connectivity index (χ1v) is 11.2. The molecule has 0 aliphatic rings. The van der Waals surface area contributed by atoms with Gasteiger partial charge in [-0.25, -0.2) is 0 Å². The number of thiophene rings is 1. The van der Waals surface area contributed by atoms with Crippen LogP contribution in [0.1, 0.15) is 28.7 Å². The van der Waals surface area contributed by atoms with Crippen molar-refractivity contribution in [2.24, 2.45) is 0 Å². The van der Waals surface area contributed by atoms with Gasteiger partial charge in [-0.1, -0.05) is 0 Å². The summed E-state index contributed by atoms with van der Waals surface area (Å²) in [4.78, 5) is 23.9. The first-order chi connectivity index (χ1) is 14.5. The van der Waals surface area contributed by atoms with Crippen molar-refractivity contribution in [2.45, 2.75) is 32.6 Å². The molecule has 0 radical (unpaired) electrons. The molecule has 0 spiro atoms. The van der Waals surface area contributed by atoms with E-state index in [0.717, 1.165) is 43.4 Å². The number of hydrogen-bond donors (Lipinski definition) is 4. The second kappa shape index (κ2) is 10.4. The molecule has 4 N–H and O–H groups in total. The minimum Gasteiger partial charge on any atom is -0.508 e. The van der Waals surface area contributed by atoms with Gasteiger partial charge in [-0.3, -0.25) is 9.59 Å². The fourth-order valence-electron chi connectivity index (χ4n) is 3.68. The van der Waals surface area contributed by atoms with E-state index in [1.165, 1.54) is 11.1 Å². The number of phenolic OH excluding ortho intramolecular Hbond substituents is 1. The maximum Gasteiger partial charge on any atom is 0.253 e. The van der Waals surface area contributed by atoms with Crippen LogP contribution in [0.15, 0.2) is 38.5 Å². The quantitative estimate of drug-likeness (QED) is 0.263. The molecule has 7 heteroatoms. The third kappa shape index (κ3) is 5.29. The molecule has 0 aliphatic carbocycles. The van der Waals surface area contributed by atoms with E-state index in [9.17, 15) is 14.7 Å². The highest BCUT2D eigenvalue weighted by Gasteiger charge is 2.20. The smallest absolute Gasteiger partial charge is 0.253 e. The van der Waals surface area contributed by atoms with Crippen molar-refractivity contribution in [1.82, 2.24) is 5.32 Å². The molecule has 0 amide bonds. The maximum absolute atomic E-state index is 11.9. The summed E-state index contributed by atoms with van der Waals surface area (Å²) in [7, 11) is 1.91. The first-order valence-electron chi connectivity index (χ1n) is 10.3. The van der Waals surface area contributed by atoms with Crippen LogP contribution in [0.2, 0.25) is 0 Å². The van der Waals surface area contributed by atoms with Gasteiger partial charge in [-0.05, 0) is 97.4 Å². The standard InChI is InChI=1S/C23H29N3O3S/c1-15-12-18(27)13-17(6-9-24-2)19(15)4-3-8-25-20-21(23(29)22(20)28)26-10-5-16-7-11-30-14-16/h7,11-14,24-27H,3-6,8-10H2,1-2H3. The molecule has 3 aromatic rings. The highest BCUT2D eigenvalue weighted by Crippen LogP contribution is 2.23. The predicted molar refractivity (Wildman–Crippen MR) is 125 cm³/mol. The van der Waals surface area contributed by atoms with Gasteiger partial charge >= 0.3 is 0 Å². The Kier molecular flexibility index (Phi) is 7.65. The number of aryl methyl sites for hydroxylation is 1. The number of anilines is 2. The summed E-state index contributed by atoms with van der Waals surface area (Å²) in [5, 5.41) is 23.4. The molecule has 0 fully saturated rings. The number of benzene rings is 1. The molecular formula is C23H29N3O3S. The van der Waals surface area contributed by atoms with Crippen LogP contribution in [0.25, 0.3) is 0 Å². The van der Waals surface area contributed by atoms with Gasteiger partial charge in [0.1, 0.15) is 17.1 Å². The highest BCUT2D eigenvalue weighted by molar-refractivity contribution is 7.07. The Labute approximate surface area is 180 Å². The third-order valence-corrected chi connectivity index (χ3v) is 6.04. The molecule has 0 bridgehead atoms. The van der Waals surface area contributed by atoms with Crippen LogP contribution < -0.4 is 26.8 Å². The monoisotopic (exact) mass is 427 g/mol. The van der Waals surface area contributed by atoms with Gasteiger partial charge in [0.05, 0.1) is 0 Å². The summed E-state index contributed by atoms with van der Waals surface area (Å²) >= 11 is 1.65. The predicted octanol–water partition coefficient (Wildman–Crippen LogP) is 2.82. The van der Waals surface area contributed by atoms with Crippen LogP contribution in [-0.4, -0.2) is 31.8 Å². The van der Waals surface area contributed by atoms with E-state index in [2.05, 4.69) is 27.4 Å². The minimum atomic E-state index is -0.441. The molecule has 0 saturated carbocycles. The molecule has 6 nitrogen and oxygen atoms in total. The molecule has 0 unspecified atom stereocenters. The van der Waals surface area contributed by atoms with Crippen molar-refractivity contribution in [3.8, 4) is 5.75 Å². The Morgan fingerprint density at radius 3 is 2.37 bits per heavy atom. The number of aromatic hydroxyl groups is 1. The Bertz CT molecular complexity index is 1040. The van der Waals surface area contributed by atoms with E-state index in [0.29, 0.717) is 30.2 Å². The normalized spacial score (nSPS) is 11.1.